The molecule has 0 saturated heterocycles. The van der Waals surface area contributed by atoms with Gasteiger partial charge in [-0.15, -0.1) is 0 Å². The first kappa shape index (κ1) is 23.1. The monoisotopic (exact) mass is 464 g/mol. The summed E-state index contributed by atoms with van der Waals surface area (Å²) in [6.45, 7) is 2.07. The molecule has 2 unspecified atom stereocenters. The highest BCUT2D eigenvalue weighted by atomic mass is 16.7. The number of hydrogen-bond donors (Lipinski definition) is 2. The number of methoxy groups -OCH3 is 2. The van der Waals surface area contributed by atoms with E-state index in [4.69, 9.17) is 18.9 Å². The number of carboxylic acids is 1. The van der Waals surface area contributed by atoms with Crippen molar-refractivity contribution in [2.24, 2.45) is 0 Å². The highest BCUT2D eigenvalue weighted by Gasteiger charge is 2.54. The van der Waals surface area contributed by atoms with Crippen molar-refractivity contribution in [1.29, 1.82) is 0 Å². The number of ether oxygens (including phenoxy) is 4. The molecule has 34 heavy (non-hydrogen) atoms. The van der Waals surface area contributed by atoms with E-state index in [1.54, 1.807) is 31.2 Å². The van der Waals surface area contributed by atoms with Gasteiger partial charge in [-0.25, -0.2) is 9.59 Å². The zero-order valence-corrected chi connectivity index (χ0v) is 18.9. The van der Waals surface area contributed by atoms with Crippen LogP contribution >= 0.6 is 0 Å². The lowest BCUT2D eigenvalue weighted by Crippen LogP contribution is -2.52. The Hall–Kier alpha value is -4.04. The van der Waals surface area contributed by atoms with Gasteiger partial charge in [0.1, 0.15) is 23.9 Å². The first-order chi connectivity index (χ1) is 16.3. The van der Waals surface area contributed by atoms with Crippen LogP contribution in [-0.4, -0.2) is 42.2 Å². The summed E-state index contributed by atoms with van der Waals surface area (Å²) in [7, 11) is 2.94. The van der Waals surface area contributed by atoms with Crippen LogP contribution < -0.4 is 14.2 Å². The van der Waals surface area contributed by atoms with Crippen molar-refractivity contribution in [1.82, 2.24) is 0 Å². The molecule has 2 N–H and O–H groups in total. The lowest BCUT2D eigenvalue weighted by Gasteiger charge is -2.37. The molecule has 0 aliphatic carbocycles. The Labute approximate surface area is 196 Å². The summed E-state index contributed by atoms with van der Waals surface area (Å²) in [5.41, 5.74) is 2.36. The van der Waals surface area contributed by atoms with Crippen LogP contribution in [0.25, 0.3) is 0 Å². The zero-order chi connectivity index (χ0) is 24.5. The van der Waals surface area contributed by atoms with Crippen LogP contribution in [0.5, 0.6) is 17.2 Å². The van der Waals surface area contributed by atoms with Gasteiger partial charge in [-0.1, -0.05) is 36.4 Å². The molecule has 0 saturated carbocycles. The van der Waals surface area contributed by atoms with Gasteiger partial charge in [-0.3, -0.25) is 0 Å². The van der Waals surface area contributed by atoms with Crippen LogP contribution in [-0.2, 0) is 16.1 Å². The number of rotatable bonds is 7. The number of aliphatic carboxylic acids is 1. The average molecular weight is 464 g/mol. The first-order valence-corrected chi connectivity index (χ1v) is 10.5. The molecule has 1 heterocycles. The highest BCUT2D eigenvalue weighted by Crippen LogP contribution is 2.46. The molecular formula is C26H24O8. The summed E-state index contributed by atoms with van der Waals surface area (Å²) in [6, 6.07) is 17.4. The van der Waals surface area contributed by atoms with E-state index < -0.39 is 23.6 Å². The van der Waals surface area contributed by atoms with Crippen LogP contribution in [0.15, 0.2) is 60.7 Å². The van der Waals surface area contributed by atoms with E-state index in [-0.39, 0.29) is 17.7 Å². The van der Waals surface area contributed by atoms with Gasteiger partial charge in [0.2, 0.25) is 0 Å². The number of carbonyl (C=O) groups excluding carboxylic acids is 1. The molecule has 3 aromatic carbocycles. The molecule has 0 bridgehead atoms. The number of carbonyl (C=O) groups is 2. The topological polar surface area (TPSA) is 112 Å². The maximum Gasteiger partial charge on any atom is 0.378 e. The minimum absolute atomic E-state index is 0.0972. The minimum Gasteiger partial charge on any atom is -0.496 e. The molecule has 0 radical (unpaired) electrons. The van der Waals surface area contributed by atoms with Gasteiger partial charge in [-0.05, 0) is 47.9 Å². The van der Waals surface area contributed by atoms with E-state index in [1.165, 1.54) is 20.3 Å². The molecule has 1 aliphatic heterocycles. The second-order valence-electron chi connectivity index (χ2n) is 7.90. The van der Waals surface area contributed by atoms with Crippen LogP contribution in [0.4, 0.5) is 0 Å². The number of cyclic esters (lactones) is 1. The first-order valence-electron chi connectivity index (χ1n) is 10.5. The molecule has 4 rings (SSSR count). The van der Waals surface area contributed by atoms with Crippen molar-refractivity contribution in [3.05, 3.63) is 88.5 Å². The minimum atomic E-state index is -2.83. The number of carboxylic acid groups (broad SMARTS) is 1. The van der Waals surface area contributed by atoms with E-state index in [2.05, 4.69) is 0 Å². The molecule has 3 aromatic rings. The summed E-state index contributed by atoms with van der Waals surface area (Å²) in [4.78, 5) is 24.9. The SMILES string of the molecule is COc1cc(C2c3ccc(OCc4ccccc4)cc3C(=O)OC2(O)C(=O)O)cc(OC)c1C. The average Bonchev–Trinajstić information content (AvgIpc) is 2.84. The summed E-state index contributed by atoms with van der Waals surface area (Å²) in [5, 5.41) is 20.9. The summed E-state index contributed by atoms with van der Waals surface area (Å²) >= 11 is 0. The van der Waals surface area contributed by atoms with Crippen molar-refractivity contribution >= 4 is 11.9 Å². The maximum atomic E-state index is 12.8. The van der Waals surface area contributed by atoms with E-state index >= 15 is 0 Å². The summed E-state index contributed by atoms with van der Waals surface area (Å²) in [6.07, 6.45) is 0. The largest absolute Gasteiger partial charge is 0.496 e. The summed E-state index contributed by atoms with van der Waals surface area (Å²) < 4.78 is 21.7. The second kappa shape index (κ2) is 9.07. The quantitative estimate of drug-likeness (QED) is 0.510. The van der Waals surface area contributed by atoms with Crippen molar-refractivity contribution in [3.8, 4) is 17.2 Å². The Morgan fingerprint density at radius 1 is 1.03 bits per heavy atom. The third-order valence-corrected chi connectivity index (χ3v) is 5.86. The van der Waals surface area contributed by atoms with Gasteiger partial charge in [0.05, 0.1) is 25.7 Å². The van der Waals surface area contributed by atoms with E-state index in [0.29, 0.717) is 28.4 Å². The predicted octanol–water partition coefficient (Wildman–Crippen LogP) is 3.67. The smallest absolute Gasteiger partial charge is 0.378 e. The third-order valence-electron chi connectivity index (χ3n) is 5.86. The fourth-order valence-corrected chi connectivity index (χ4v) is 4.11. The molecule has 8 heteroatoms. The number of hydrogen-bond acceptors (Lipinski definition) is 7. The second-order valence-corrected chi connectivity index (χ2v) is 7.90. The highest BCUT2D eigenvalue weighted by molar-refractivity contribution is 5.97. The number of fused-ring (bicyclic) bond motifs is 1. The maximum absolute atomic E-state index is 12.8. The molecule has 2 atom stereocenters. The molecular weight excluding hydrogens is 440 g/mol. The van der Waals surface area contributed by atoms with Gasteiger partial charge < -0.3 is 29.2 Å². The Bertz CT molecular complexity index is 1210. The van der Waals surface area contributed by atoms with Gasteiger partial charge >= 0.3 is 17.7 Å². The van der Waals surface area contributed by atoms with Crippen molar-refractivity contribution in [3.63, 3.8) is 0 Å². The van der Waals surface area contributed by atoms with Crippen LogP contribution in [0, 0.1) is 6.92 Å². The van der Waals surface area contributed by atoms with Crippen molar-refractivity contribution in [2.75, 3.05) is 14.2 Å². The molecule has 1 aliphatic rings. The third kappa shape index (κ3) is 4.04. The standard InChI is InChI=1S/C26H24O8/c1-15-21(31-2)11-17(12-22(15)32-3)23-19-10-9-18(33-14-16-7-5-4-6-8-16)13-20(19)24(27)34-26(23,30)25(28)29/h4-13,23,30H,14H2,1-3H3,(H,28,29). The molecule has 176 valence electrons. The van der Waals surface area contributed by atoms with Crippen LogP contribution in [0.1, 0.15) is 38.5 Å². The van der Waals surface area contributed by atoms with Crippen LogP contribution in [0.3, 0.4) is 0 Å². The number of benzene rings is 3. The van der Waals surface area contributed by atoms with Gasteiger partial charge in [0.15, 0.2) is 0 Å². The predicted molar refractivity (Wildman–Crippen MR) is 121 cm³/mol. The van der Waals surface area contributed by atoms with Crippen LogP contribution in [0.2, 0.25) is 0 Å². The fourth-order valence-electron chi connectivity index (χ4n) is 4.11. The Balaban J connectivity index is 1.80. The van der Waals surface area contributed by atoms with Gasteiger partial charge in [-0.2, -0.15) is 0 Å². The fraction of sp³-hybridized carbons (Fsp3) is 0.231. The van der Waals surface area contributed by atoms with E-state index in [1.807, 2.05) is 30.3 Å². The van der Waals surface area contributed by atoms with Gasteiger partial charge in [0.25, 0.3) is 0 Å². The lowest BCUT2D eigenvalue weighted by molar-refractivity contribution is -0.211. The Morgan fingerprint density at radius 3 is 2.26 bits per heavy atom. The van der Waals surface area contributed by atoms with E-state index in [9.17, 15) is 19.8 Å². The molecule has 0 amide bonds. The normalized spacial score (nSPS) is 19.1. The number of aliphatic hydroxyl groups is 1. The summed E-state index contributed by atoms with van der Waals surface area (Å²) in [5.74, 6) is -5.47. The van der Waals surface area contributed by atoms with Crippen molar-refractivity contribution < 1.29 is 38.7 Å². The Kier molecular flexibility index (Phi) is 6.17. The lowest BCUT2D eigenvalue weighted by atomic mass is 9.79. The zero-order valence-electron chi connectivity index (χ0n) is 18.9. The van der Waals surface area contributed by atoms with Crippen molar-refractivity contribution in [2.45, 2.75) is 25.2 Å². The van der Waals surface area contributed by atoms with E-state index in [0.717, 1.165) is 5.56 Å². The Morgan fingerprint density at radius 2 is 1.68 bits per heavy atom. The molecule has 0 aromatic heterocycles. The molecule has 0 spiro atoms. The molecule has 8 nitrogen and oxygen atoms in total. The molecule has 0 fully saturated rings. The van der Waals surface area contributed by atoms with Gasteiger partial charge in [0, 0.05) is 5.56 Å². The number of esters is 1.